The molecule has 0 aromatic rings. The summed E-state index contributed by atoms with van der Waals surface area (Å²) in [6.07, 6.45) is 6.63. The van der Waals surface area contributed by atoms with Crippen molar-refractivity contribution in [1.29, 1.82) is 0 Å². The summed E-state index contributed by atoms with van der Waals surface area (Å²) < 4.78 is 0. The van der Waals surface area contributed by atoms with Gasteiger partial charge in [0.2, 0.25) is 5.91 Å². The molecule has 0 bridgehead atoms. The largest absolute Gasteiger partial charge is 0.341 e. The fraction of sp³-hybridized carbons (Fsp3) is 0.933. The Morgan fingerprint density at radius 1 is 1.16 bits per heavy atom. The van der Waals surface area contributed by atoms with Gasteiger partial charge < -0.3 is 10.2 Å². The highest BCUT2D eigenvalue weighted by atomic mass is 35.5. The minimum atomic E-state index is -0.236. The molecule has 0 aromatic heterocycles. The van der Waals surface area contributed by atoms with Crippen molar-refractivity contribution >= 4 is 18.3 Å². The lowest BCUT2D eigenvalue weighted by Gasteiger charge is -2.42. The van der Waals surface area contributed by atoms with Crippen molar-refractivity contribution in [2.75, 3.05) is 19.6 Å². The molecule has 2 heterocycles. The summed E-state index contributed by atoms with van der Waals surface area (Å²) in [5.74, 6) is 0.362. The van der Waals surface area contributed by atoms with Crippen molar-refractivity contribution in [3.05, 3.63) is 0 Å². The maximum absolute atomic E-state index is 12.7. The molecule has 4 heteroatoms. The zero-order chi connectivity index (χ0) is 13.2. The number of likely N-dealkylation sites (tertiary alicyclic amines) is 1. The van der Waals surface area contributed by atoms with E-state index in [4.69, 9.17) is 0 Å². The number of piperidine rings is 1. The summed E-state index contributed by atoms with van der Waals surface area (Å²) in [5, 5.41) is 3.46. The van der Waals surface area contributed by atoms with E-state index in [0.29, 0.717) is 11.3 Å². The van der Waals surface area contributed by atoms with Crippen molar-refractivity contribution in [2.45, 2.75) is 64.8 Å². The molecule has 2 saturated heterocycles. The van der Waals surface area contributed by atoms with Crippen LogP contribution >= 0.6 is 12.4 Å². The Balaban J connectivity index is 0.00000180. The Bertz CT molecular complexity index is 305. The van der Waals surface area contributed by atoms with Gasteiger partial charge in [-0.2, -0.15) is 0 Å². The highest BCUT2D eigenvalue weighted by molar-refractivity contribution is 5.86. The van der Waals surface area contributed by atoms with Crippen LogP contribution in [0.1, 0.15) is 59.3 Å². The fourth-order valence-electron chi connectivity index (χ4n) is 3.35. The number of rotatable bonds is 3. The normalized spacial score (nSPS) is 29.9. The molecule has 0 spiro atoms. The molecule has 3 nitrogen and oxygen atoms in total. The standard InChI is InChI=1S/C15H28N2O.ClH/c1-4-14(3)8-11-17(12-9-14)13(18)15(5-2)7-6-10-16-15;/h16H,4-12H2,1-3H3;1H. The molecule has 0 saturated carbocycles. The second-order valence-corrected chi connectivity index (χ2v) is 6.42. The molecule has 0 aromatic carbocycles. The van der Waals surface area contributed by atoms with E-state index < -0.39 is 0 Å². The van der Waals surface area contributed by atoms with Crippen LogP contribution in [-0.2, 0) is 4.79 Å². The van der Waals surface area contributed by atoms with Crippen LogP contribution in [0.25, 0.3) is 0 Å². The number of hydrogen-bond acceptors (Lipinski definition) is 2. The Labute approximate surface area is 123 Å². The van der Waals surface area contributed by atoms with Gasteiger partial charge in [0.1, 0.15) is 0 Å². The van der Waals surface area contributed by atoms with E-state index in [9.17, 15) is 4.79 Å². The Hall–Kier alpha value is -0.280. The van der Waals surface area contributed by atoms with Crippen molar-refractivity contribution in [3.63, 3.8) is 0 Å². The highest BCUT2D eigenvalue weighted by Crippen LogP contribution is 2.35. The van der Waals surface area contributed by atoms with Crippen LogP contribution in [-0.4, -0.2) is 36.0 Å². The van der Waals surface area contributed by atoms with E-state index >= 15 is 0 Å². The molecule has 1 atom stereocenters. The SMILES string of the molecule is CCC1(C)CCN(C(=O)C2(CC)CCCN2)CC1.Cl. The van der Waals surface area contributed by atoms with Gasteiger partial charge in [0.25, 0.3) is 0 Å². The van der Waals surface area contributed by atoms with E-state index in [1.165, 1.54) is 6.42 Å². The van der Waals surface area contributed by atoms with Crippen molar-refractivity contribution < 1.29 is 4.79 Å². The Morgan fingerprint density at radius 3 is 2.21 bits per heavy atom. The predicted molar refractivity (Wildman–Crippen MR) is 81.7 cm³/mol. The zero-order valence-corrected chi connectivity index (χ0v) is 13.4. The van der Waals surface area contributed by atoms with Gasteiger partial charge >= 0.3 is 0 Å². The third kappa shape index (κ3) is 3.25. The lowest BCUT2D eigenvalue weighted by Crippen LogP contribution is -2.56. The maximum atomic E-state index is 12.7. The molecule has 2 fully saturated rings. The first-order chi connectivity index (χ1) is 8.55. The first-order valence-electron chi connectivity index (χ1n) is 7.60. The van der Waals surface area contributed by atoms with Gasteiger partial charge in [0, 0.05) is 13.1 Å². The van der Waals surface area contributed by atoms with Gasteiger partial charge in [-0.3, -0.25) is 4.79 Å². The van der Waals surface area contributed by atoms with Crippen LogP contribution in [0.3, 0.4) is 0 Å². The quantitative estimate of drug-likeness (QED) is 0.866. The molecule has 2 aliphatic heterocycles. The third-order valence-electron chi connectivity index (χ3n) is 5.37. The lowest BCUT2D eigenvalue weighted by atomic mass is 9.77. The molecule has 1 unspecified atom stereocenters. The van der Waals surface area contributed by atoms with Crippen LogP contribution < -0.4 is 5.32 Å². The number of carbonyl (C=O) groups excluding carboxylic acids is 1. The number of amides is 1. The lowest BCUT2D eigenvalue weighted by molar-refractivity contribution is -0.140. The molecule has 0 aliphatic carbocycles. The van der Waals surface area contributed by atoms with Gasteiger partial charge in [-0.15, -0.1) is 12.4 Å². The average molecular weight is 289 g/mol. The van der Waals surface area contributed by atoms with Gasteiger partial charge in [0.05, 0.1) is 5.54 Å². The molecule has 0 radical (unpaired) electrons. The number of nitrogens with zero attached hydrogens (tertiary/aromatic N) is 1. The van der Waals surface area contributed by atoms with Crippen molar-refractivity contribution in [1.82, 2.24) is 10.2 Å². The third-order valence-corrected chi connectivity index (χ3v) is 5.37. The molecule has 112 valence electrons. The molecule has 19 heavy (non-hydrogen) atoms. The first-order valence-corrected chi connectivity index (χ1v) is 7.60. The minimum Gasteiger partial charge on any atom is -0.341 e. The molecule has 1 amide bonds. The van der Waals surface area contributed by atoms with Crippen molar-refractivity contribution in [2.24, 2.45) is 5.41 Å². The van der Waals surface area contributed by atoms with E-state index in [0.717, 1.165) is 51.7 Å². The summed E-state index contributed by atoms with van der Waals surface area (Å²) in [4.78, 5) is 14.8. The van der Waals surface area contributed by atoms with E-state index in [1.807, 2.05) is 0 Å². The van der Waals surface area contributed by atoms with Crippen LogP contribution in [0.4, 0.5) is 0 Å². The predicted octanol–water partition coefficient (Wildman–Crippen LogP) is 2.98. The number of halogens is 1. The van der Waals surface area contributed by atoms with Gasteiger partial charge in [-0.25, -0.2) is 0 Å². The summed E-state index contributed by atoms with van der Waals surface area (Å²) in [5.41, 5.74) is 0.221. The highest BCUT2D eigenvalue weighted by Gasteiger charge is 2.43. The maximum Gasteiger partial charge on any atom is 0.242 e. The Kier molecular flexibility index (Phi) is 5.69. The second-order valence-electron chi connectivity index (χ2n) is 6.42. The first kappa shape index (κ1) is 16.8. The summed E-state index contributed by atoms with van der Waals surface area (Å²) in [6, 6.07) is 0. The monoisotopic (exact) mass is 288 g/mol. The van der Waals surface area contributed by atoms with E-state index in [2.05, 4.69) is 31.0 Å². The zero-order valence-electron chi connectivity index (χ0n) is 12.6. The van der Waals surface area contributed by atoms with E-state index in [-0.39, 0.29) is 17.9 Å². The molecular weight excluding hydrogens is 260 g/mol. The van der Waals surface area contributed by atoms with E-state index in [1.54, 1.807) is 0 Å². The smallest absolute Gasteiger partial charge is 0.242 e. The Morgan fingerprint density at radius 2 is 1.79 bits per heavy atom. The fourth-order valence-corrected chi connectivity index (χ4v) is 3.35. The van der Waals surface area contributed by atoms with Crippen LogP contribution in [0.5, 0.6) is 0 Å². The summed E-state index contributed by atoms with van der Waals surface area (Å²) in [6.45, 7) is 9.66. The van der Waals surface area contributed by atoms with Crippen molar-refractivity contribution in [3.8, 4) is 0 Å². The van der Waals surface area contributed by atoms with Gasteiger partial charge in [0.15, 0.2) is 0 Å². The molecule has 1 N–H and O–H groups in total. The van der Waals surface area contributed by atoms with Crippen LogP contribution in [0, 0.1) is 5.41 Å². The number of nitrogens with one attached hydrogen (secondary N) is 1. The molecule has 2 rings (SSSR count). The topological polar surface area (TPSA) is 32.3 Å². The van der Waals surface area contributed by atoms with Crippen LogP contribution in [0.2, 0.25) is 0 Å². The minimum absolute atomic E-state index is 0. The number of hydrogen-bond donors (Lipinski definition) is 1. The molecule has 2 aliphatic rings. The van der Waals surface area contributed by atoms with Crippen LogP contribution in [0.15, 0.2) is 0 Å². The second kappa shape index (κ2) is 6.45. The summed E-state index contributed by atoms with van der Waals surface area (Å²) in [7, 11) is 0. The average Bonchev–Trinajstić information content (AvgIpc) is 2.89. The van der Waals surface area contributed by atoms with Gasteiger partial charge in [-0.05, 0) is 44.1 Å². The van der Waals surface area contributed by atoms with Gasteiger partial charge in [-0.1, -0.05) is 27.2 Å². The summed E-state index contributed by atoms with van der Waals surface area (Å²) >= 11 is 0. The molecular formula is C15H29ClN2O. The number of carbonyl (C=O) groups is 1.